The van der Waals surface area contributed by atoms with Crippen molar-refractivity contribution < 1.29 is 9.59 Å². The molecular weight excluding hydrogens is 290 g/mol. The summed E-state index contributed by atoms with van der Waals surface area (Å²) < 4.78 is 0. The van der Waals surface area contributed by atoms with Crippen LogP contribution in [-0.2, 0) is 4.79 Å². The van der Waals surface area contributed by atoms with E-state index in [1.165, 1.54) is 6.92 Å². The summed E-state index contributed by atoms with van der Waals surface area (Å²) >= 11 is 5.83. The lowest BCUT2D eigenvalue weighted by Gasteiger charge is -2.23. The zero-order chi connectivity index (χ0) is 15.2. The number of para-hydroxylation sites is 1. The summed E-state index contributed by atoms with van der Waals surface area (Å²) in [7, 11) is 0. The second-order valence-electron chi connectivity index (χ2n) is 4.28. The maximum Gasteiger partial charge on any atom is 0.345 e. The molecule has 2 aromatic carbocycles. The molecule has 0 fully saturated rings. The second-order valence-corrected chi connectivity index (χ2v) is 4.71. The van der Waals surface area contributed by atoms with Crippen molar-refractivity contribution in [1.29, 1.82) is 0 Å². The van der Waals surface area contributed by atoms with Gasteiger partial charge in [-0.2, -0.15) is 0 Å². The number of halogens is 1. The number of rotatable bonds is 2. The van der Waals surface area contributed by atoms with Gasteiger partial charge >= 0.3 is 6.03 Å². The number of anilines is 2. The Balaban J connectivity index is 2.21. The van der Waals surface area contributed by atoms with E-state index in [9.17, 15) is 9.59 Å². The number of benzene rings is 2. The van der Waals surface area contributed by atoms with Crippen LogP contribution in [0.15, 0.2) is 54.6 Å². The maximum absolute atomic E-state index is 12.3. The molecule has 3 amide bonds. The Kier molecular flexibility index (Phi) is 4.79. The molecule has 0 aliphatic rings. The van der Waals surface area contributed by atoms with Crippen LogP contribution < -0.4 is 15.8 Å². The molecule has 0 aromatic heterocycles. The number of nitrogens with one attached hydrogen (secondary N) is 2. The number of hydrogen-bond donors (Lipinski definition) is 2. The molecule has 2 aromatic rings. The molecule has 0 spiro atoms. The summed E-state index contributed by atoms with van der Waals surface area (Å²) in [6, 6.07) is 15.1. The van der Waals surface area contributed by atoms with Gasteiger partial charge in [-0.3, -0.25) is 10.2 Å². The van der Waals surface area contributed by atoms with Crippen molar-refractivity contribution in [2.24, 2.45) is 0 Å². The molecule has 0 atom stereocenters. The molecular formula is C15H14ClN3O2. The fourth-order valence-corrected chi connectivity index (χ4v) is 1.81. The highest BCUT2D eigenvalue weighted by molar-refractivity contribution is 6.30. The monoisotopic (exact) mass is 303 g/mol. The van der Waals surface area contributed by atoms with Crippen molar-refractivity contribution in [3.63, 3.8) is 0 Å². The summed E-state index contributed by atoms with van der Waals surface area (Å²) in [5.74, 6) is -0.354. The van der Waals surface area contributed by atoms with Crippen LogP contribution in [0.4, 0.5) is 16.2 Å². The number of carbonyl (C=O) groups excluding carboxylic acids is 2. The minimum absolute atomic E-state index is 0.354. The number of urea groups is 1. The van der Waals surface area contributed by atoms with Crippen LogP contribution in [0, 0.1) is 0 Å². The quantitative estimate of drug-likeness (QED) is 0.835. The Morgan fingerprint density at radius 3 is 2.19 bits per heavy atom. The Morgan fingerprint density at radius 2 is 1.62 bits per heavy atom. The van der Waals surface area contributed by atoms with Gasteiger partial charge in [0.15, 0.2) is 0 Å². The molecule has 0 bridgehead atoms. The van der Waals surface area contributed by atoms with E-state index in [2.05, 4.69) is 10.7 Å². The van der Waals surface area contributed by atoms with E-state index in [0.717, 1.165) is 5.01 Å². The third-order valence-corrected chi connectivity index (χ3v) is 2.83. The normalized spacial score (nSPS) is 9.81. The minimum atomic E-state index is -0.473. The fraction of sp³-hybridized carbons (Fsp3) is 0.0667. The van der Waals surface area contributed by atoms with Crippen LogP contribution in [0.25, 0.3) is 0 Å². The van der Waals surface area contributed by atoms with Gasteiger partial charge in [-0.15, -0.1) is 0 Å². The molecule has 2 rings (SSSR count). The summed E-state index contributed by atoms with van der Waals surface area (Å²) in [6.45, 7) is 1.33. The van der Waals surface area contributed by atoms with Crippen LogP contribution in [0.2, 0.25) is 5.02 Å². The van der Waals surface area contributed by atoms with Crippen molar-refractivity contribution >= 4 is 34.9 Å². The van der Waals surface area contributed by atoms with Crippen LogP contribution in [0.1, 0.15) is 6.92 Å². The number of amides is 3. The molecule has 0 saturated heterocycles. The molecule has 6 heteroatoms. The summed E-state index contributed by atoms with van der Waals surface area (Å²) in [5.41, 5.74) is 3.61. The van der Waals surface area contributed by atoms with Gasteiger partial charge < -0.3 is 5.32 Å². The van der Waals surface area contributed by atoms with Crippen LogP contribution in [-0.4, -0.2) is 11.9 Å². The highest BCUT2D eigenvalue weighted by Gasteiger charge is 2.17. The Hall–Kier alpha value is -2.53. The average molecular weight is 304 g/mol. The molecule has 5 nitrogen and oxygen atoms in total. The maximum atomic E-state index is 12.3. The number of hydrogen-bond acceptors (Lipinski definition) is 2. The van der Waals surface area contributed by atoms with Gasteiger partial charge in [0.05, 0.1) is 5.69 Å². The third-order valence-electron chi connectivity index (χ3n) is 2.58. The number of nitrogens with zero attached hydrogens (tertiary/aromatic N) is 1. The Bertz CT molecular complexity index is 629. The minimum Gasteiger partial charge on any atom is -0.306 e. The van der Waals surface area contributed by atoms with E-state index >= 15 is 0 Å². The molecule has 2 N–H and O–H groups in total. The third kappa shape index (κ3) is 4.22. The standard InChI is InChI=1S/C15H14ClN3O2/c1-11(20)18-19(14-9-7-12(16)8-10-14)15(21)17-13-5-3-2-4-6-13/h2-10H,1H3,(H,17,21)(H,18,20). The van der Waals surface area contributed by atoms with Gasteiger partial charge in [-0.1, -0.05) is 29.8 Å². The molecule has 21 heavy (non-hydrogen) atoms. The van der Waals surface area contributed by atoms with E-state index < -0.39 is 6.03 Å². The highest BCUT2D eigenvalue weighted by Crippen LogP contribution is 2.18. The zero-order valence-corrected chi connectivity index (χ0v) is 12.1. The lowest BCUT2D eigenvalue weighted by atomic mass is 10.3. The van der Waals surface area contributed by atoms with Crippen molar-refractivity contribution in [1.82, 2.24) is 5.43 Å². The first-order valence-electron chi connectivity index (χ1n) is 6.25. The topological polar surface area (TPSA) is 61.4 Å². The number of hydrazine groups is 1. The van der Waals surface area contributed by atoms with Crippen molar-refractivity contribution in [2.45, 2.75) is 6.92 Å². The van der Waals surface area contributed by atoms with Crippen molar-refractivity contribution in [2.75, 3.05) is 10.3 Å². The van der Waals surface area contributed by atoms with Gasteiger partial charge in [0, 0.05) is 17.6 Å². The lowest BCUT2D eigenvalue weighted by Crippen LogP contribution is -2.47. The van der Waals surface area contributed by atoms with E-state index in [1.807, 2.05) is 6.07 Å². The predicted molar refractivity (Wildman–Crippen MR) is 83.2 cm³/mol. The van der Waals surface area contributed by atoms with Crippen molar-refractivity contribution in [3.05, 3.63) is 59.6 Å². The molecule has 0 unspecified atom stereocenters. The van der Waals surface area contributed by atoms with Gasteiger partial charge in [0.25, 0.3) is 0 Å². The van der Waals surface area contributed by atoms with Gasteiger partial charge in [-0.25, -0.2) is 9.80 Å². The Morgan fingerprint density at radius 1 is 1.00 bits per heavy atom. The van der Waals surface area contributed by atoms with Gasteiger partial charge in [-0.05, 0) is 36.4 Å². The molecule has 0 saturated carbocycles. The van der Waals surface area contributed by atoms with Crippen LogP contribution in [0.5, 0.6) is 0 Å². The number of carbonyl (C=O) groups is 2. The van der Waals surface area contributed by atoms with Gasteiger partial charge in [0.2, 0.25) is 5.91 Å². The lowest BCUT2D eigenvalue weighted by molar-refractivity contribution is -0.118. The Labute approximate surface area is 127 Å². The largest absolute Gasteiger partial charge is 0.345 e. The van der Waals surface area contributed by atoms with E-state index in [-0.39, 0.29) is 5.91 Å². The molecule has 0 heterocycles. The first-order valence-corrected chi connectivity index (χ1v) is 6.63. The zero-order valence-electron chi connectivity index (χ0n) is 11.3. The molecule has 0 aliphatic carbocycles. The van der Waals surface area contributed by atoms with E-state index in [0.29, 0.717) is 16.4 Å². The van der Waals surface area contributed by atoms with Gasteiger partial charge in [0.1, 0.15) is 0 Å². The fourth-order valence-electron chi connectivity index (χ4n) is 1.68. The smallest absolute Gasteiger partial charge is 0.306 e. The van der Waals surface area contributed by atoms with Crippen LogP contribution in [0.3, 0.4) is 0 Å². The first-order chi connectivity index (χ1) is 10.1. The second kappa shape index (κ2) is 6.76. The molecule has 0 aliphatic heterocycles. The van der Waals surface area contributed by atoms with Crippen LogP contribution >= 0.6 is 11.6 Å². The molecule has 0 radical (unpaired) electrons. The summed E-state index contributed by atoms with van der Waals surface area (Å²) in [4.78, 5) is 23.6. The predicted octanol–water partition coefficient (Wildman–Crippen LogP) is 3.43. The van der Waals surface area contributed by atoms with E-state index in [1.54, 1.807) is 48.5 Å². The molecule has 108 valence electrons. The highest BCUT2D eigenvalue weighted by atomic mass is 35.5. The summed E-state index contributed by atoms with van der Waals surface area (Å²) in [6.07, 6.45) is 0. The summed E-state index contributed by atoms with van der Waals surface area (Å²) in [5, 5.41) is 4.38. The van der Waals surface area contributed by atoms with Crippen molar-refractivity contribution in [3.8, 4) is 0 Å². The van der Waals surface area contributed by atoms with E-state index in [4.69, 9.17) is 11.6 Å². The first kappa shape index (κ1) is 14.9. The SMILES string of the molecule is CC(=O)NN(C(=O)Nc1ccccc1)c1ccc(Cl)cc1. The average Bonchev–Trinajstić information content (AvgIpc) is 2.46.